The second kappa shape index (κ2) is 8.43. The molecular formula is C25H22N4O2S. The molecule has 32 heavy (non-hydrogen) atoms. The van der Waals surface area contributed by atoms with Crippen molar-refractivity contribution in [2.75, 3.05) is 0 Å². The predicted octanol–water partition coefficient (Wildman–Crippen LogP) is 5.50. The molecule has 0 radical (unpaired) electrons. The van der Waals surface area contributed by atoms with Crippen molar-refractivity contribution in [2.45, 2.75) is 26.4 Å². The minimum absolute atomic E-state index is 0.206. The fraction of sp³-hybridized carbons (Fsp3) is 0.160. The Balaban J connectivity index is 1.59. The van der Waals surface area contributed by atoms with E-state index in [0.717, 1.165) is 28.2 Å². The van der Waals surface area contributed by atoms with E-state index < -0.39 is 0 Å². The second-order valence-electron chi connectivity index (χ2n) is 7.75. The maximum absolute atomic E-state index is 5.78. The number of thiocarbonyl (C=S) groups is 1. The summed E-state index contributed by atoms with van der Waals surface area (Å²) in [4.78, 5) is 6.75. The van der Waals surface area contributed by atoms with Gasteiger partial charge in [0.15, 0.2) is 5.11 Å². The van der Waals surface area contributed by atoms with Gasteiger partial charge in [0, 0.05) is 11.3 Å². The van der Waals surface area contributed by atoms with Gasteiger partial charge in [0.1, 0.15) is 5.76 Å². The van der Waals surface area contributed by atoms with Crippen molar-refractivity contribution in [1.82, 2.24) is 20.4 Å². The van der Waals surface area contributed by atoms with Gasteiger partial charge in [-0.15, -0.1) is 0 Å². The summed E-state index contributed by atoms with van der Waals surface area (Å²) in [6.07, 6.45) is 1.66. The van der Waals surface area contributed by atoms with E-state index in [4.69, 9.17) is 26.1 Å². The van der Waals surface area contributed by atoms with Crippen molar-refractivity contribution in [3.63, 3.8) is 0 Å². The van der Waals surface area contributed by atoms with E-state index in [1.807, 2.05) is 73.3 Å². The average Bonchev–Trinajstić information content (AvgIpc) is 3.50. The number of hydrogen-bond acceptors (Lipinski definition) is 5. The van der Waals surface area contributed by atoms with E-state index >= 15 is 0 Å². The van der Waals surface area contributed by atoms with E-state index in [1.54, 1.807) is 6.26 Å². The van der Waals surface area contributed by atoms with Gasteiger partial charge < -0.3 is 19.2 Å². The number of rotatable bonds is 5. The number of aromatic nitrogens is 2. The zero-order valence-electron chi connectivity index (χ0n) is 17.8. The molecule has 4 aromatic rings. The molecule has 5 rings (SSSR count). The van der Waals surface area contributed by atoms with Crippen LogP contribution in [0.25, 0.3) is 17.0 Å². The lowest BCUT2D eigenvalue weighted by Gasteiger charge is -2.37. The quantitative estimate of drug-likeness (QED) is 0.409. The van der Waals surface area contributed by atoms with E-state index in [1.165, 1.54) is 5.56 Å². The van der Waals surface area contributed by atoms with Crippen LogP contribution >= 0.6 is 12.2 Å². The SMILES string of the molecule is CC1=C(c2nc(-c3ccc(C)cc3)no2)C(c2ccccc2)NC(=S)N1Cc1ccco1. The zero-order chi connectivity index (χ0) is 22.1. The van der Waals surface area contributed by atoms with Crippen LogP contribution < -0.4 is 5.32 Å². The van der Waals surface area contributed by atoms with Crippen molar-refractivity contribution in [3.8, 4) is 11.4 Å². The van der Waals surface area contributed by atoms with Crippen LogP contribution in [0, 0.1) is 6.92 Å². The third-order valence-corrected chi connectivity index (χ3v) is 5.93. The minimum atomic E-state index is -0.206. The van der Waals surface area contributed by atoms with Crippen LogP contribution in [0.4, 0.5) is 0 Å². The van der Waals surface area contributed by atoms with Crippen LogP contribution in [0.3, 0.4) is 0 Å². The van der Waals surface area contributed by atoms with Gasteiger partial charge in [0.25, 0.3) is 5.89 Å². The number of aryl methyl sites for hydroxylation is 1. The van der Waals surface area contributed by atoms with Gasteiger partial charge in [0.2, 0.25) is 5.82 Å². The lowest BCUT2D eigenvalue weighted by Crippen LogP contribution is -2.45. The molecule has 1 aliphatic rings. The highest BCUT2D eigenvalue weighted by molar-refractivity contribution is 7.80. The van der Waals surface area contributed by atoms with Crippen LogP contribution in [-0.4, -0.2) is 20.2 Å². The molecule has 6 nitrogen and oxygen atoms in total. The number of allylic oxidation sites excluding steroid dienone is 1. The van der Waals surface area contributed by atoms with Gasteiger partial charge in [-0.05, 0) is 43.8 Å². The molecule has 1 N–H and O–H groups in total. The van der Waals surface area contributed by atoms with Crippen molar-refractivity contribution in [2.24, 2.45) is 0 Å². The number of benzene rings is 2. The highest BCUT2D eigenvalue weighted by Crippen LogP contribution is 2.37. The van der Waals surface area contributed by atoms with E-state index in [0.29, 0.717) is 23.4 Å². The number of nitrogens with zero attached hydrogens (tertiary/aromatic N) is 3. The summed E-state index contributed by atoms with van der Waals surface area (Å²) < 4.78 is 11.3. The molecule has 0 fully saturated rings. The first-order valence-corrected chi connectivity index (χ1v) is 10.8. The molecule has 0 spiro atoms. The van der Waals surface area contributed by atoms with Crippen molar-refractivity contribution in [1.29, 1.82) is 0 Å². The maximum atomic E-state index is 5.78. The van der Waals surface area contributed by atoms with Gasteiger partial charge in [-0.2, -0.15) is 4.98 Å². The first-order valence-electron chi connectivity index (χ1n) is 10.4. The number of furan rings is 1. The molecule has 7 heteroatoms. The highest BCUT2D eigenvalue weighted by atomic mass is 32.1. The van der Waals surface area contributed by atoms with Gasteiger partial charge >= 0.3 is 0 Å². The lowest BCUT2D eigenvalue weighted by atomic mass is 9.95. The van der Waals surface area contributed by atoms with Gasteiger partial charge in [-0.3, -0.25) is 0 Å². The minimum Gasteiger partial charge on any atom is -0.467 e. The van der Waals surface area contributed by atoms with Crippen LogP contribution in [0.1, 0.15) is 35.7 Å². The molecule has 0 saturated carbocycles. The van der Waals surface area contributed by atoms with Gasteiger partial charge in [-0.1, -0.05) is 65.3 Å². The Hall–Kier alpha value is -3.71. The molecule has 0 aliphatic carbocycles. The number of nitrogens with one attached hydrogen (secondary N) is 1. The smallest absolute Gasteiger partial charge is 0.258 e. The molecule has 0 saturated heterocycles. The topological polar surface area (TPSA) is 67.3 Å². The first-order chi connectivity index (χ1) is 15.6. The molecule has 0 bridgehead atoms. The van der Waals surface area contributed by atoms with Crippen LogP contribution in [0.5, 0.6) is 0 Å². The van der Waals surface area contributed by atoms with Gasteiger partial charge in [-0.25, -0.2) is 0 Å². The summed E-state index contributed by atoms with van der Waals surface area (Å²) in [5.74, 6) is 1.83. The monoisotopic (exact) mass is 442 g/mol. The van der Waals surface area contributed by atoms with Crippen molar-refractivity contribution >= 4 is 22.9 Å². The summed E-state index contributed by atoms with van der Waals surface area (Å²) >= 11 is 5.72. The van der Waals surface area contributed by atoms with Crippen molar-refractivity contribution in [3.05, 3.63) is 101 Å². The Bertz CT molecular complexity index is 1260. The summed E-state index contributed by atoms with van der Waals surface area (Å²) in [5.41, 5.74) is 4.99. The fourth-order valence-electron chi connectivity index (χ4n) is 3.86. The van der Waals surface area contributed by atoms with E-state index in [2.05, 4.69) is 22.6 Å². The lowest BCUT2D eigenvalue weighted by molar-refractivity contribution is 0.382. The standard InChI is InChI=1S/C25H22N4O2S/c1-16-10-12-19(13-11-16)23-27-24(31-28-23)21-17(2)29(15-20-9-6-14-30-20)25(32)26-22(21)18-7-4-3-5-8-18/h3-14,22H,15H2,1-2H3,(H,26,32). The molecule has 2 aromatic carbocycles. The Labute approximate surface area is 191 Å². The first kappa shape index (κ1) is 20.2. The van der Waals surface area contributed by atoms with Crippen LogP contribution in [-0.2, 0) is 6.54 Å². The molecule has 0 amide bonds. The number of hydrogen-bond donors (Lipinski definition) is 1. The molecule has 2 aromatic heterocycles. The third kappa shape index (κ3) is 3.83. The Morgan fingerprint density at radius 2 is 1.78 bits per heavy atom. The van der Waals surface area contributed by atoms with Crippen LogP contribution in [0.15, 0.2) is 87.6 Å². The summed E-state index contributed by atoms with van der Waals surface area (Å²) in [6, 6.07) is 21.8. The average molecular weight is 443 g/mol. The predicted molar refractivity (Wildman–Crippen MR) is 126 cm³/mol. The van der Waals surface area contributed by atoms with E-state index in [-0.39, 0.29) is 6.04 Å². The Morgan fingerprint density at radius 1 is 1.00 bits per heavy atom. The molecule has 1 unspecified atom stereocenters. The van der Waals surface area contributed by atoms with Gasteiger partial charge in [0.05, 0.1) is 24.4 Å². The maximum Gasteiger partial charge on any atom is 0.258 e. The Kier molecular flexibility index (Phi) is 5.33. The zero-order valence-corrected chi connectivity index (χ0v) is 18.6. The fourth-order valence-corrected chi connectivity index (χ4v) is 4.17. The second-order valence-corrected chi connectivity index (χ2v) is 8.13. The van der Waals surface area contributed by atoms with Crippen molar-refractivity contribution < 1.29 is 8.94 Å². The normalized spacial score (nSPS) is 16.4. The molecule has 160 valence electrons. The molecule has 1 atom stereocenters. The molecule has 1 aliphatic heterocycles. The summed E-state index contributed by atoms with van der Waals surface area (Å²) in [6.45, 7) is 4.58. The van der Waals surface area contributed by atoms with E-state index in [9.17, 15) is 0 Å². The highest BCUT2D eigenvalue weighted by Gasteiger charge is 2.34. The molecule has 3 heterocycles. The summed E-state index contributed by atoms with van der Waals surface area (Å²) in [5, 5.41) is 8.34. The molecular weight excluding hydrogens is 420 g/mol. The third-order valence-electron chi connectivity index (χ3n) is 5.59. The summed E-state index contributed by atoms with van der Waals surface area (Å²) in [7, 11) is 0. The largest absolute Gasteiger partial charge is 0.467 e. The van der Waals surface area contributed by atoms with Crippen LogP contribution in [0.2, 0.25) is 0 Å². The Morgan fingerprint density at radius 3 is 2.50 bits per heavy atom.